The van der Waals surface area contributed by atoms with Crippen LogP contribution in [-0.2, 0) is 16.0 Å². The van der Waals surface area contributed by atoms with E-state index in [9.17, 15) is 22.8 Å². The van der Waals surface area contributed by atoms with E-state index in [0.29, 0.717) is 24.9 Å². The Bertz CT molecular complexity index is 603. The molecule has 1 aliphatic rings. The van der Waals surface area contributed by atoms with Crippen LogP contribution < -0.4 is 4.74 Å². The van der Waals surface area contributed by atoms with Gasteiger partial charge in [0.2, 0.25) is 5.91 Å². The Morgan fingerprint density at radius 3 is 2.75 bits per heavy atom. The van der Waals surface area contributed by atoms with Crippen molar-refractivity contribution < 1.29 is 32.6 Å². The molecule has 1 heterocycles. The van der Waals surface area contributed by atoms with Gasteiger partial charge in [0.25, 0.3) is 0 Å². The van der Waals surface area contributed by atoms with Crippen LogP contribution >= 0.6 is 0 Å². The first kappa shape index (κ1) is 18.1. The van der Waals surface area contributed by atoms with Crippen LogP contribution in [-0.4, -0.2) is 47.8 Å². The van der Waals surface area contributed by atoms with Crippen LogP contribution in [0.5, 0.6) is 5.75 Å². The molecule has 0 saturated carbocycles. The van der Waals surface area contributed by atoms with E-state index < -0.39 is 24.7 Å². The van der Waals surface area contributed by atoms with Crippen molar-refractivity contribution in [3.8, 4) is 5.75 Å². The van der Waals surface area contributed by atoms with Crippen LogP contribution in [0.4, 0.5) is 13.2 Å². The summed E-state index contributed by atoms with van der Waals surface area (Å²) >= 11 is 0. The first-order valence-corrected chi connectivity index (χ1v) is 7.53. The summed E-state index contributed by atoms with van der Waals surface area (Å²) < 4.78 is 41.1. The van der Waals surface area contributed by atoms with Crippen LogP contribution in [0.25, 0.3) is 0 Å². The first-order chi connectivity index (χ1) is 11.2. The summed E-state index contributed by atoms with van der Waals surface area (Å²) in [5, 5.41) is 9.04. The van der Waals surface area contributed by atoms with Crippen LogP contribution in [0.1, 0.15) is 18.4 Å². The van der Waals surface area contributed by atoms with Crippen molar-refractivity contribution in [2.24, 2.45) is 5.92 Å². The van der Waals surface area contributed by atoms with Crippen molar-refractivity contribution >= 4 is 11.9 Å². The minimum absolute atomic E-state index is 0.00441. The number of alkyl halides is 3. The maximum atomic E-state index is 12.3. The van der Waals surface area contributed by atoms with Crippen LogP contribution in [0, 0.1) is 5.92 Å². The van der Waals surface area contributed by atoms with Crippen molar-refractivity contribution in [2.45, 2.75) is 25.4 Å². The fraction of sp³-hybridized carbons (Fsp3) is 0.500. The highest BCUT2D eigenvalue weighted by atomic mass is 19.4. The number of likely N-dealkylation sites (tertiary alicyclic amines) is 1. The zero-order valence-electron chi connectivity index (χ0n) is 12.9. The molecule has 1 aromatic rings. The van der Waals surface area contributed by atoms with Gasteiger partial charge >= 0.3 is 12.1 Å². The average molecular weight is 345 g/mol. The Morgan fingerprint density at radius 1 is 1.33 bits per heavy atom. The Hall–Kier alpha value is -2.25. The number of carboxylic acids is 1. The monoisotopic (exact) mass is 345 g/mol. The van der Waals surface area contributed by atoms with Crippen LogP contribution in [0.2, 0.25) is 0 Å². The molecule has 1 atom stereocenters. The minimum atomic E-state index is -4.43. The predicted molar refractivity (Wildman–Crippen MR) is 78.6 cm³/mol. The molecule has 1 aliphatic heterocycles. The second-order valence-corrected chi connectivity index (χ2v) is 5.75. The fourth-order valence-electron chi connectivity index (χ4n) is 2.60. The number of hydrogen-bond acceptors (Lipinski definition) is 3. The Kier molecular flexibility index (Phi) is 5.69. The molecule has 0 aliphatic carbocycles. The minimum Gasteiger partial charge on any atom is -0.484 e. The van der Waals surface area contributed by atoms with Crippen molar-refractivity contribution in [2.75, 3.05) is 19.7 Å². The molecule has 1 saturated heterocycles. The molecule has 1 N–H and O–H groups in total. The molecule has 2 rings (SSSR count). The van der Waals surface area contributed by atoms with Gasteiger partial charge in [-0.15, -0.1) is 0 Å². The van der Waals surface area contributed by atoms with E-state index in [2.05, 4.69) is 4.74 Å². The average Bonchev–Trinajstić information content (AvgIpc) is 2.53. The second kappa shape index (κ2) is 7.55. The van der Waals surface area contributed by atoms with Crippen LogP contribution in [0.3, 0.4) is 0 Å². The standard InChI is InChI=1S/C16H18F3NO4/c17-16(18,19)10-24-13-5-1-3-11(7-13)8-14(21)20-6-2-4-12(9-20)15(22)23/h1,3,5,7,12H,2,4,6,8-10H2,(H,22,23)/t12-/m0/s1. The zero-order chi connectivity index (χ0) is 17.7. The van der Waals surface area contributed by atoms with Gasteiger partial charge in [0.1, 0.15) is 5.75 Å². The van der Waals surface area contributed by atoms with E-state index in [-0.39, 0.29) is 24.6 Å². The Balaban J connectivity index is 1.95. The lowest BCUT2D eigenvalue weighted by molar-refractivity contribution is -0.153. The number of aliphatic carboxylic acids is 1. The van der Waals surface area contributed by atoms with Gasteiger partial charge in [-0.05, 0) is 30.5 Å². The van der Waals surface area contributed by atoms with Gasteiger partial charge in [-0.25, -0.2) is 0 Å². The van der Waals surface area contributed by atoms with Gasteiger partial charge in [0.15, 0.2) is 6.61 Å². The molecule has 0 radical (unpaired) electrons. The van der Waals surface area contributed by atoms with E-state index >= 15 is 0 Å². The largest absolute Gasteiger partial charge is 0.484 e. The topological polar surface area (TPSA) is 66.8 Å². The van der Waals surface area contributed by atoms with Crippen molar-refractivity contribution in [1.82, 2.24) is 4.90 Å². The zero-order valence-corrected chi connectivity index (χ0v) is 12.9. The number of carboxylic acid groups (broad SMARTS) is 1. The number of carbonyl (C=O) groups excluding carboxylic acids is 1. The number of benzene rings is 1. The predicted octanol–water partition coefficient (Wildman–Crippen LogP) is 2.49. The van der Waals surface area contributed by atoms with Crippen LogP contribution in [0.15, 0.2) is 24.3 Å². The summed E-state index contributed by atoms with van der Waals surface area (Å²) in [6.07, 6.45) is -3.27. The highest BCUT2D eigenvalue weighted by Crippen LogP contribution is 2.21. The third-order valence-electron chi connectivity index (χ3n) is 3.78. The van der Waals surface area contributed by atoms with Gasteiger partial charge in [-0.3, -0.25) is 9.59 Å². The number of piperidine rings is 1. The third kappa shape index (κ3) is 5.43. The summed E-state index contributed by atoms with van der Waals surface area (Å²) in [5.41, 5.74) is 0.525. The van der Waals surface area contributed by atoms with Crippen molar-refractivity contribution in [3.63, 3.8) is 0 Å². The molecule has 5 nitrogen and oxygen atoms in total. The number of hydrogen-bond donors (Lipinski definition) is 1. The lowest BCUT2D eigenvalue weighted by Crippen LogP contribution is -2.42. The fourth-order valence-corrected chi connectivity index (χ4v) is 2.60. The maximum absolute atomic E-state index is 12.3. The van der Waals surface area contributed by atoms with Gasteiger partial charge < -0.3 is 14.7 Å². The van der Waals surface area contributed by atoms with Gasteiger partial charge in [0.05, 0.1) is 12.3 Å². The number of amides is 1. The Morgan fingerprint density at radius 2 is 2.08 bits per heavy atom. The molecule has 8 heteroatoms. The summed E-state index contributed by atoms with van der Waals surface area (Å²) in [4.78, 5) is 24.8. The number of nitrogens with zero attached hydrogens (tertiary/aromatic N) is 1. The Labute approximate surface area is 137 Å². The lowest BCUT2D eigenvalue weighted by atomic mass is 9.97. The molecule has 0 bridgehead atoms. The molecule has 1 aromatic carbocycles. The molecular weight excluding hydrogens is 327 g/mol. The second-order valence-electron chi connectivity index (χ2n) is 5.75. The molecule has 1 fully saturated rings. The molecule has 1 amide bonds. The number of halogens is 3. The summed E-state index contributed by atoms with van der Waals surface area (Å²) in [6.45, 7) is -0.734. The number of carbonyl (C=O) groups is 2. The highest BCUT2D eigenvalue weighted by Gasteiger charge is 2.29. The normalized spacial score (nSPS) is 18.3. The number of rotatable bonds is 5. The summed E-state index contributed by atoms with van der Waals surface area (Å²) in [7, 11) is 0. The SMILES string of the molecule is O=C(O)[C@H]1CCCN(C(=O)Cc2cccc(OCC(F)(F)F)c2)C1. The summed E-state index contributed by atoms with van der Waals surface area (Å²) in [5.74, 6) is -1.69. The molecular formula is C16H18F3NO4. The van der Waals surface area contributed by atoms with Gasteiger partial charge in [0, 0.05) is 13.1 Å². The molecule has 0 unspecified atom stereocenters. The highest BCUT2D eigenvalue weighted by molar-refractivity contribution is 5.80. The molecule has 0 aromatic heterocycles. The first-order valence-electron chi connectivity index (χ1n) is 7.53. The van der Waals surface area contributed by atoms with E-state index in [1.54, 1.807) is 6.07 Å². The van der Waals surface area contributed by atoms with Crippen molar-refractivity contribution in [1.29, 1.82) is 0 Å². The van der Waals surface area contributed by atoms with E-state index in [0.717, 1.165) is 0 Å². The van der Waals surface area contributed by atoms with E-state index in [1.165, 1.54) is 23.1 Å². The quantitative estimate of drug-likeness (QED) is 0.890. The van der Waals surface area contributed by atoms with E-state index in [1.807, 2.05) is 0 Å². The lowest BCUT2D eigenvalue weighted by Gasteiger charge is -2.30. The molecule has 24 heavy (non-hydrogen) atoms. The maximum Gasteiger partial charge on any atom is 0.422 e. The van der Waals surface area contributed by atoms with Gasteiger partial charge in [-0.1, -0.05) is 12.1 Å². The smallest absolute Gasteiger partial charge is 0.422 e. The van der Waals surface area contributed by atoms with Gasteiger partial charge in [-0.2, -0.15) is 13.2 Å². The molecule has 0 spiro atoms. The number of ether oxygens (including phenoxy) is 1. The third-order valence-corrected chi connectivity index (χ3v) is 3.78. The molecule has 132 valence electrons. The van der Waals surface area contributed by atoms with E-state index in [4.69, 9.17) is 5.11 Å². The van der Waals surface area contributed by atoms with Crippen molar-refractivity contribution in [3.05, 3.63) is 29.8 Å². The summed E-state index contributed by atoms with van der Waals surface area (Å²) in [6, 6.07) is 5.92.